The molecule has 1 atom stereocenters. The highest BCUT2D eigenvalue weighted by atomic mass is 19.4. The fourth-order valence-corrected chi connectivity index (χ4v) is 2.58. The van der Waals surface area contributed by atoms with Crippen LogP contribution in [0.5, 0.6) is 6.01 Å². The molecular weight excluding hydrogens is 366 g/mol. The highest BCUT2D eigenvalue weighted by molar-refractivity contribution is 5.54. The van der Waals surface area contributed by atoms with E-state index in [1.54, 1.807) is 0 Å². The minimum absolute atomic E-state index is 0.0292. The maximum Gasteiger partial charge on any atom is 0.425 e. The predicted molar refractivity (Wildman–Crippen MR) is 91.7 cm³/mol. The Morgan fingerprint density at radius 3 is 2.33 bits per heavy atom. The van der Waals surface area contributed by atoms with Crippen molar-refractivity contribution in [1.29, 1.82) is 0 Å². The van der Waals surface area contributed by atoms with Gasteiger partial charge in [0.25, 0.3) is 0 Å². The first-order valence-electron chi connectivity index (χ1n) is 8.58. The molecule has 146 valence electrons. The molecular formula is C17H19F4N5O. The molecule has 3 rings (SSSR count). The summed E-state index contributed by atoms with van der Waals surface area (Å²) in [6.45, 7) is 2.29. The zero-order valence-electron chi connectivity index (χ0n) is 14.6. The number of rotatable bonds is 5. The van der Waals surface area contributed by atoms with Crippen LogP contribution in [0.4, 0.5) is 35.1 Å². The Hall–Kier alpha value is -2.65. The number of hydrogen-bond donors (Lipinski definition) is 1. The zero-order chi connectivity index (χ0) is 19.4. The molecule has 2 heterocycles. The van der Waals surface area contributed by atoms with Gasteiger partial charge >= 0.3 is 12.2 Å². The molecule has 2 aromatic rings. The Morgan fingerprint density at radius 2 is 1.70 bits per heavy atom. The minimum Gasteiger partial charge on any atom is -0.451 e. The molecule has 1 aromatic carbocycles. The Labute approximate surface area is 153 Å². The van der Waals surface area contributed by atoms with Gasteiger partial charge in [-0.05, 0) is 50.5 Å². The summed E-state index contributed by atoms with van der Waals surface area (Å²) >= 11 is 0. The number of benzene rings is 1. The van der Waals surface area contributed by atoms with E-state index in [-0.39, 0.29) is 11.9 Å². The van der Waals surface area contributed by atoms with Gasteiger partial charge in [-0.3, -0.25) is 0 Å². The molecule has 1 aromatic heterocycles. The summed E-state index contributed by atoms with van der Waals surface area (Å²) in [5.41, 5.74) is 0.488. The molecule has 1 saturated heterocycles. The molecule has 6 nitrogen and oxygen atoms in total. The molecule has 0 aliphatic carbocycles. The van der Waals surface area contributed by atoms with Crippen molar-refractivity contribution in [3.63, 3.8) is 0 Å². The van der Waals surface area contributed by atoms with Gasteiger partial charge in [0.2, 0.25) is 11.9 Å². The third-order valence-corrected chi connectivity index (χ3v) is 4.09. The molecule has 1 N–H and O–H groups in total. The predicted octanol–water partition coefficient (Wildman–Crippen LogP) is 4.07. The van der Waals surface area contributed by atoms with Crippen LogP contribution >= 0.6 is 0 Å². The quantitative estimate of drug-likeness (QED) is 0.783. The second kappa shape index (κ2) is 7.93. The number of halogens is 4. The van der Waals surface area contributed by atoms with Crippen LogP contribution in [-0.4, -0.2) is 40.3 Å². The van der Waals surface area contributed by atoms with Crippen LogP contribution in [0.15, 0.2) is 24.3 Å². The van der Waals surface area contributed by atoms with Crippen LogP contribution in [0.25, 0.3) is 0 Å². The van der Waals surface area contributed by atoms with E-state index in [0.717, 1.165) is 26.2 Å². The third kappa shape index (κ3) is 5.18. The lowest BCUT2D eigenvalue weighted by Crippen LogP contribution is -2.33. The normalized spacial score (nSPS) is 16.1. The van der Waals surface area contributed by atoms with E-state index < -0.39 is 24.1 Å². The van der Waals surface area contributed by atoms with E-state index in [1.165, 1.54) is 24.3 Å². The zero-order valence-corrected chi connectivity index (χ0v) is 14.6. The number of aromatic nitrogens is 3. The number of hydrogen-bond acceptors (Lipinski definition) is 6. The van der Waals surface area contributed by atoms with Gasteiger partial charge in [-0.1, -0.05) is 0 Å². The van der Waals surface area contributed by atoms with Gasteiger partial charge < -0.3 is 15.0 Å². The van der Waals surface area contributed by atoms with E-state index in [1.807, 2.05) is 4.90 Å². The van der Waals surface area contributed by atoms with Crippen LogP contribution in [0.3, 0.4) is 0 Å². The van der Waals surface area contributed by atoms with Crippen LogP contribution in [0, 0.1) is 5.82 Å². The Balaban J connectivity index is 1.88. The fourth-order valence-electron chi connectivity index (χ4n) is 2.58. The molecule has 0 saturated carbocycles. The standard InChI is InChI=1S/C17H19F4N5O/c1-11(17(19,20)21)27-16-24-14(22-13-7-5-12(18)6-8-13)23-15(25-16)26-9-3-2-4-10-26/h5-8,11H,2-4,9-10H2,1H3,(H,22,23,24,25). The maximum absolute atomic E-state index is 13.0. The molecule has 1 fully saturated rings. The number of alkyl halides is 3. The van der Waals surface area contributed by atoms with Crippen LogP contribution in [0.1, 0.15) is 26.2 Å². The molecule has 1 aliphatic heterocycles. The summed E-state index contributed by atoms with van der Waals surface area (Å²) in [5, 5.41) is 2.85. The molecule has 0 bridgehead atoms. The lowest BCUT2D eigenvalue weighted by atomic mass is 10.1. The van der Waals surface area contributed by atoms with Crippen LogP contribution in [0.2, 0.25) is 0 Å². The monoisotopic (exact) mass is 385 g/mol. The maximum atomic E-state index is 13.0. The first-order valence-corrected chi connectivity index (χ1v) is 8.58. The number of nitrogens with one attached hydrogen (secondary N) is 1. The SMILES string of the molecule is CC(Oc1nc(Nc2ccc(F)cc2)nc(N2CCCCC2)n1)C(F)(F)F. The van der Waals surface area contributed by atoms with Gasteiger partial charge in [0.15, 0.2) is 6.10 Å². The van der Waals surface area contributed by atoms with Crippen molar-refractivity contribution in [3.8, 4) is 6.01 Å². The fraction of sp³-hybridized carbons (Fsp3) is 0.471. The molecule has 10 heteroatoms. The second-order valence-corrected chi connectivity index (χ2v) is 6.22. The highest BCUT2D eigenvalue weighted by Crippen LogP contribution is 2.26. The largest absolute Gasteiger partial charge is 0.451 e. The number of piperidine rings is 1. The van der Waals surface area contributed by atoms with Gasteiger partial charge in [-0.2, -0.15) is 28.1 Å². The van der Waals surface area contributed by atoms with Gasteiger partial charge in [-0.25, -0.2) is 4.39 Å². The Morgan fingerprint density at radius 1 is 1.04 bits per heavy atom. The summed E-state index contributed by atoms with van der Waals surface area (Å²) in [5.74, 6) is -0.131. The number of ether oxygens (including phenoxy) is 1. The number of nitrogens with zero attached hydrogens (tertiary/aromatic N) is 4. The average molecular weight is 385 g/mol. The van der Waals surface area contributed by atoms with Gasteiger partial charge in [0, 0.05) is 18.8 Å². The van der Waals surface area contributed by atoms with E-state index in [0.29, 0.717) is 18.8 Å². The average Bonchev–Trinajstić information content (AvgIpc) is 2.63. The molecule has 0 amide bonds. The summed E-state index contributed by atoms with van der Waals surface area (Å²) in [4.78, 5) is 14.1. The van der Waals surface area contributed by atoms with E-state index in [4.69, 9.17) is 4.74 Å². The molecule has 1 aliphatic rings. The number of anilines is 3. The summed E-state index contributed by atoms with van der Waals surface area (Å²) in [7, 11) is 0. The molecule has 0 radical (unpaired) electrons. The first kappa shape index (κ1) is 19.1. The van der Waals surface area contributed by atoms with Crippen molar-refractivity contribution < 1.29 is 22.3 Å². The summed E-state index contributed by atoms with van der Waals surface area (Å²) in [6.07, 6.45) is -3.63. The minimum atomic E-state index is -4.54. The van der Waals surface area contributed by atoms with Crippen molar-refractivity contribution in [2.75, 3.05) is 23.3 Å². The van der Waals surface area contributed by atoms with Crippen LogP contribution < -0.4 is 15.0 Å². The van der Waals surface area contributed by atoms with E-state index in [2.05, 4.69) is 20.3 Å². The summed E-state index contributed by atoms with van der Waals surface area (Å²) in [6, 6.07) is 5.02. The topological polar surface area (TPSA) is 63.2 Å². The second-order valence-electron chi connectivity index (χ2n) is 6.22. The molecule has 0 spiro atoms. The lowest BCUT2D eigenvalue weighted by Gasteiger charge is -2.27. The molecule has 27 heavy (non-hydrogen) atoms. The Kier molecular flexibility index (Phi) is 5.62. The summed E-state index contributed by atoms with van der Waals surface area (Å²) < 4.78 is 56.4. The van der Waals surface area contributed by atoms with Gasteiger partial charge in [0.1, 0.15) is 5.82 Å². The third-order valence-electron chi connectivity index (χ3n) is 4.09. The Bertz CT molecular complexity index is 763. The van der Waals surface area contributed by atoms with Gasteiger partial charge in [0.05, 0.1) is 0 Å². The smallest absolute Gasteiger partial charge is 0.425 e. The molecule has 1 unspecified atom stereocenters. The van der Waals surface area contributed by atoms with Crippen molar-refractivity contribution in [1.82, 2.24) is 15.0 Å². The van der Waals surface area contributed by atoms with E-state index >= 15 is 0 Å². The van der Waals surface area contributed by atoms with Gasteiger partial charge in [-0.15, -0.1) is 0 Å². The first-order chi connectivity index (χ1) is 12.8. The van der Waals surface area contributed by atoms with Crippen molar-refractivity contribution >= 4 is 17.6 Å². The highest BCUT2D eigenvalue weighted by Gasteiger charge is 2.39. The van der Waals surface area contributed by atoms with Crippen molar-refractivity contribution in [2.24, 2.45) is 0 Å². The van der Waals surface area contributed by atoms with Crippen molar-refractivity contribution in [3.05, 3.63) is 30.1 Å². The van der Waals surface area contributed by atoms with Crippen molar-refractivity contribution in [2.45, 2.75) is 38.5 Å². The lowest BCUT2D eigenvalue weighted by molar-refractivity contribution is -0.190. The van der Waals surface area contributed by atoms with E-state index in [9.17, 15) is 17.6 Å². The van der Waals surface area contributed by atoms with Crippen LogP contribution in [-0.2, 0) is 0 Å².